The van der Waals surface area contributed by atoms with Crippen LogP contribution in [0, 0.1) is 0 Å². The van der Waals surface area contributed by atoms with E-state index in [-0.39, 0.29) is 10.9 Å². The molecule has 0 atom stereocenters. The number of carbonyl (C=O) groups is 1. The quantitative estimate of drug-likeness (QED) is 0.730. The Morgan fingerprint density at radius 1 is 1.41 bits per heavy atom. The zero-order valence-electron chi connectivity index (χ0n) is 14.9. The Balaban J connectivity index is 1.66. The van der Waals surface area contributed by atoms with Gasteiger partial charge in [-0.25, -0.2) is 0 Å². The number of nitrogens with one attached hydrogen (secondary N) is 1. The van der Waals surface area contributed by atoms with Crippen LogP contribution < -0.4 is 5.56 Å². The lowest BCUT2D eigenvalue weighted by Gasteiger charge is -2.21. The molecule has 0 aromatic carbocycles. The molecule has 3 aromatic rings. The lowest BCUT2D eigenvalue weighted by Crippen LogP contribution is -2.31. The summed E-state index contributed by atoms with van der Waals surface area (Å²) in [6.07, 6.45) is 6.06. The van der Waals surface area contributed by atoms with Gasteiger partial charge in [0.25, 0.3) is 11.5 Å². The van der Waals surface area contributed by atoms with Crippen molar-refractivity contribution in [3.8, 4) is 0 Å². The molecule has 1 aliphatic carbocycles. The van der Waals surface area contributed by atoms with Gasteiger partial charge in [-0.1, -0.05) is 11.6 Å². The molecule has 0 saturated carbocycles. The van der Waals surface area contributed by atoms with Crippen LogP contribution in [0.1, 0.15) is 39.5 Å². The van der Waals surface area contributed by atoms with Crippen molar-refractivity contribution in [2.75, 3.05) is 0 Å². The highest BCUT2D eigenvalue weighted by atomic mass is 35.5. The van der Waals surface area contributed by atoms with Crippen molar-refractivity contribution in [3.63, 3.8) is 0 Å². The third-order valence-electron chi connectivity index (χ3n) is 4.86. The minimum Gasteiger partial charge on any atom is -0.467 e. The SMILES string of the molecule is Cn1nc(CN(Cc2ccco2)C(=O)c2c[nH]c(=O)c(Cl)c2)c2c1CCC2. The molecule has 1 N–H and O–H groups in total. The van der Waals surface area contributed by atoms with Crippen LogP contribution in [-0.4, -0.2) is 25.6 Å². The number of hydrogen-bond donors (Lipinski definition) is 1. The van der Waals surface area contributed by atoms with E-state index in [1.807, 2.05) is 17.8 Å². The Bertz CT molecular complexity index is 1040. The van der Waals surface area contributed by atoms with Crippen molar-refractivity contribution in [3.05, 3.63) is 74.3 Å². The number of fused-ring (bicyclic) bond motifs is 1. The number of halogens is 1. The molecule has 1 amide bonds. The van der Waals surface area contributed by atoms with Crippen LogP contribution in [0.25, 0.3) is 0 Å². The molecule has 8 heteroatoms. The van der Waals surface area contributed by atoms with E-state index in [4.69, 9.17) is 16.0 Å². The highest BCUT2D eigenvalue weighted by molar-refractivity contribution is 6.30. The first-order chi connectivity index (χ1) is 13.0. The summed E-state index contributed by atoms with van der Waals surface area (Å²) in [5.41, 5.74) is 3.27. The molecule has 0 bridgehead atoms. The smallest absolute Gasteiger partial charge is 0.266 e. The zero-order valence-corrected chi connectivity index (χ0v) is 15.6. The third kappa shape index (κ3) is 3.42. The molecule has 0 radical (unpaired) electrons. The van der Waals surface area contributed by atoms with Gasteiger partial charge in [0.2, 0.25) is 0 Å². The molecule has 0 saturated heterocycles. The summed E-state index contributed by atoms with van der Waals surface area (Å²) in [4.78, 5) is 28.8. The predicted octanol–water partition coefficient (Wildman–Crippen LogP) is 2.69. The summed E-state index contributed by atoms with van der Waals surface area (Å²) in [6.45, 7) is 0.660. The van der Waals surface area contributed by atoms with E-state index in [1.54, 1.807) is 17.2 Å². The Morgan fingerprint density at radius 3 is 3.00 bits per heavy atom. The van der Waals surface area contributed by atoms with Gasteiger partial charge in [-0.15, -0.1) is 0 Å². The Labute approximate surface area is 160 Å². The van der Waals surface area contributed by atoms with Crippen LogP contribution >= 0.6 is 11.6 Å². The molecule has 27 heavy (non-hydrogen) atoms. The minimum atomic E-state index is -0.423. The summed E-state index contributed by atoms with van der Waals surface area (Å²) in [6, 6.07) is 5.00. The van der Waals surface area contributed by atoms with Gasteiger partial charge in [0, 0.05) is 18.9 Å². The summed E-state index contributed by atoms with van der Waals surface area (Å²) >= 11 is 5.90. The van der Waals surface area contributed by atoms with E-state index in [9.17, 15) is 9.59 Å². The minimum absolute atomic E-state index is 0.0162. The molecule has 0 aliphatic heterocycles. The van der Waals surface area contributed by atoms with Gasteiger partial charge < -0.3 is 14.3 Å². The Kier molecular flexibility index (Phi) is 4.61. The molecular formula is C19H19ClN4O3. The third-order valence-corrected chi connectivity index (χ3v) is 5.14. The largest absolute Gasteiger partial charge is 0.467 e. The van der Waals surface area contributed by atoms with Gasteiger partial charge in [-0.3, -0.25) is 14.3 Å². The number of pyridine rings is 1. The van der Waals surface area contributed by atoms with E-state index in [0.29, 0.717) is 24.4 Å². The van der Waals surface area contributed by atoms with E-state index in [0.717, 1.165) is 25.0 Å². The summed E-state index contributed by atoms with van der Waals surface area (Å²) in [5.74, 6) is 0.424. The van der Waals surface area contributed by atoms with Crippen molar-refractivity contribution < 1.29 is 9.21 Å². The predicted molar refractivity (Wildman–Crippen MR) is 99.6 cm³/mol. The van der Waals surface area contributed by atoms with E-state index >= 15 is 0 Å². The first kappa shape index (κ1) is 17.6. The second-order valence-corrected chi connectivity index (χ2v) is 7.06. The number of rotatable bonds is 5. The molecule has 4 rings (SSSR count). The second-order valence-electron chi connectivity index (χ2n) is 6.66. The first-order valence-corrected chi connectivity index (χ1v) is 9.14. The topological polar surface area (TPSA) is 84.1 Å². The number of carbonyl (C=O) groups excluding carboxylic acids is 1. The van der Waals surface area contributed by atoms with Gasteiger partial charge in [0.15, 0.2) is 0 Å². The van der Waals surface area contributed by atoms with Crippen LogP contribution in [0.5, 0.6) is 0 Å². The second kappa shape index (κ2) is 7.08. The fourth-order valence-electron chi connectivity index (χ4n) is 3.56. The fraction of sp³-hybridized carbons (Fsp3) is 0.316. The summed E-state index contributed by atoms with van der Waals surface area (Å²) < 4.78 is 7.33. The molecule has 140 valence electrons. The average Bonchev–Trinajstić information content (AvgIpc) is 3.37. The van der Waals surface area contributed by atoms with Crippen LogP contribution in [0.15, 0.2) is 39.9 Å². The van der Waals surface area contributed by atoms with Crippen LogP contribution in [-0.2, 0) is 33.0 Å². The van der Waals surface area contributed by atoms with Gasteiger partial charge >= 0.3 is 0 Å². The lowest BCUT2D eigenvalue weighted by atomic mass is 10.1. The number of amides is 1. The molecule has 0 unspecified atom stereocenters. The summed E-state index contributed by atoms with van der Waals surface area (Å²) in [7, 11) is 1.94. The number of aromatic nitrogens is 3. The molecule has 3 aromatic heterocycles. The monoisotopic (exact) mass is 386 g/mol. The van der Waals surface area contributed by atoms with Gasteiger partial charge in [0.1, 0.15) is 10.8 Å². The van der Waals surface area contributed by atoms with Crippen molar-refractivity contribution >= 4 is 17.5 Å². The maximum absolute atomic E-state index is 13.1. The highest BCUT2D eigenvalue weighted by Gasteiger charge is 2.25. The molecule has 1 aliphatic rings. The van der Waals surface area contributed by atoms with Crippen LogP contribution in [0.4, 0.5) is 0 Å². The van der Waals surface area contributed by atoms with E-state index in [1.165, 1.54) is 23.5 Å². The van der Waals surface area contributed by atoms with E-state index in [2.05, 4.69) is 10.1 Å². The molecule has 0 fully saturated rings. The van der Waals surface area contributed by atoms with Crippen molar-refractivity contribution in [1.29, 1.82) is 0 Å². The normalized spacial score (nSPS) is 13.0. The number of aryl methyl sites for hydroxylation is 1. The number of H-pyrrole nitrogens is 1. The van der Waals surface area contributed by atoms with Crippen LogP contribution in [0.2, 0.25) is 5.02 Å². The van der Waals surface area contributed by atoms with E-state index < -0.39 is 5.56 Å². The fourth-order valence-corrected chi connectivity index (χ4v) is 3.73. The average molecular weight is 387 g/mol. The lowest BCUT2D eigenvalue weighted by molar-refractivity contribution is 0.0714. The molecular weight excluding hydrogens is 368 g/mol. The maximum Gasteiger partial charge on any atom is 0.266 e. The zero-order chi connectivity index (χ0) is 19.0. The Morgan fingerprint density at radius 2 is 2.26 bits per heavy atom. The van der Waals surface area contributed by atoms with Crippen LogP contribution in [0.3, 0.4) is 0 Å². The number of furan rings is 1. The van der Waals surface area contributed by atoms with Crippen molar-refractivity contribution in [2.45, 2.75) is 32.4 Å². The number of hydrogen-bond acceptors (Lipinski definition) is 4. The van der Waals surface area contributed by atoms with Crippen molar-refractivity contribution in [2.24, 2.45) is 7.05 Å². The molecule has 0 spiro atoms. The first-order valence-electron chi connectivity index (χ1n) is 8.76. The van der Waals surface area contributed by atoms with Crippen molar-refractivity contribution in [1.82, 2.24) is 19.7 Å². The van der Waals surface area contributed by atoms with Gasteiger partial charge in [-0.05, 0) is 43.0 Å². The number of nitrogens with zero attached hydrogens (tertiary/aromatic N) is 3. The maximum atomic E-state index is 13.1. The standard InChI is InChI=1S/C19H19ClN4O3/c1-23-17-6-2-5-14(17)16(22-23)11-24(10-13-4-3-7-27-13)19(26)12-8-15(20)18(25)21-9-12/h3-4,7-9H,2,5-6,10-11H2,1H3,(H,21,25). The Hall–Kier alpha value is -2.80. The highest BCUT2D eigenvalue weighted by Crippen LogP contribution is 2.26. The molecule has 7 nitrogen and oxygen atoms in total. The van der Waals surface area contributed by atoms with Gasteiger partial charge in [-0.2, -0.15) is 5.10 Å². The summed E-state index contributed by atoms with van der Waals surface area (Å²) in [5, 5.41) is 4.60. The van der Waals surface area contributed by atoms with Gasteiger partial charge in [0.05, 0.1) is 30.6 Å². The number of aromatic amines is 1. The molecule has 3 heterocycles.